The number of esters is 1. The number of carbonyl (C=O) groups is 2. The summed E-state index contributed by atoms with van der Waals surface area (Å²) in [6.07, 6.45) is -2.98. The third kappa shape index (κ3) is 5.31. The summed E-state index contributed by atoms with van der Waals surface area (Å²) in [5.41, 5.74) is 0.158. The van der Waals surface area contributed by atoms with Crippen LogP contribution in [0.2, 0.25) is 0 Å². The molecule has 1 amide bonds. The molecule has 0 radical (unpaired) electrons. The lowest BCUT2D eigenvalue weighted by atomic mass is 10.1. The molecule has 7 nitrogen and oxygen atoms in total. The number of nitrogens with zero attached hydrogens (tertiary/aromatic N) is 4. The number of hydrogen-bond acceptors (Lipinski definition) is 6. The number of hydrogen-bond donors (Lipinski definition) is 0. The zero-order chi connectivity index (χ0) is 22.6. The number of aryl methyl sites for hydroxylation is 1. The van der Waals surface area contributed by atoms with Crippen LogP contribution in [-0.2, 0) is 10.9 Å². The van der Waals surface area contributed by atoms with Crippen LogP contribution in [-0.4, -0.2) is 59.5 Å². The van der Waals surface area contributed by atoms with Crippen LogP contribution in [0.25, 0.3) is 0 Å². The van der Waals surface area contributed by atoms with Gasteiger partial charge >= 0.3 is 12.1 Å². The lowest BCUT2D eigenvalue weighted by Crippen LogP contribution is -2.36. The lowest BCUT2D eigenvalue weighted by Gasteiger charge is -2.23. The molecular formula is C21H23F3N4O3. The summed E-state index contributed by atoms with van der Waals surface area (Å²) in [5, 5.41) is 0. The molecule has 3 rings (SSSR count). The van der Waals surface area contributed by atoms with Crippen molar-refractivity contribution in [3.63, 3.8) is 0 Å². The van der Waals surface area contributed by atoms with Crippen LogP contribution in [0.4, 0.5) is 19.0 Å². The highest BCUT2D eigenvalue weighted by Crippen LogP contribution is 2.29. The van der Waals surface area contributed by atoms with Gasteiger partial charge in [0.2, 0.25) is 0 Å². The van der Waals surface area contributed by atoms with E-state index in [-0.39, 0.29) is 18.2 Å². The Kier molecular flexibility index (Phi) is 6.77. The second kappa shape index (κ2) is 9.32. The fraction of sp³-hybridized carbons (Fsp3) is 0.429. The number of carbonyl (C=O) groups excluding carboxylic acids is 2. The fourth-order valence-corrected chi connectivity index (χ4v) is 3.36. The first-order valence-electron chi connectivity index (χ1n) is 9.93. The molecule has 2 aromatic rings. The Labute approximate surface area is 177 Å². The minimum atomic E-state index is -4.43. The van der Waals surface area contributed by atoms with Gasteiger partial charge in [-0.2, -0.15) is 13.2 Å². The third-order valence-electron chi connectivity index (χ3n) is 4.98. The van der Waals surface area contributed by atoms with Crippen molar-refractivity contribution in [2.24, 2.45) is 0 Å². The molecule has 0 N–H and O–H groups in total. The molecule has 1 fully saturated rings. The molecule has 0 atom stereocenters. The van der Waals surface area contributed by atoms with E-state index in [1.165, 1.54) is 18.2 Å². The van der Waals surface area contributed by atoms with Crippen molar-refractivity contribution >= 4 is 17.7 Å². The van der Waals surface area contributed by atoms with Crippen LogP contribution in [0.15, 0.2) is 30.5 Å². The van der Waals surface area contributed by atoms with Crippen LogP contribution in [0, 0.1) is 6.92 Å². The molecule has 1 aliphatic heterocycles. The zero-order valence-corrected chi connectivity index (χ0v) is 17.3. The third-order valence-corrected chi connectivity index (χ3v) is 4.98. The molecule has 3 heterocycles. The Morgan fingerprint density at radius 1 is 1.10 bits per heavy atom. The highest BCUT2D eigenvalue weighted by atomic mass is 19.4. The van der Waals surface area contributed by atoms with E-state index in [9.17, 15) is 22.8 Å². The van der Waals surface area contributed by atoms with Gasteiger partial charge in [-0.3, -0.25) is 4.79 Å². The predicted octanol–water partition coefficient (Wildman–Crippen LogP) is 3.33. The predicted molar refractivity (Wildman–Crippen MR) is 107 cm³/mol. The largest absolute Gasteiger partial charge is 0.462 e. The van der Waals surface area contributed by atoms with Gasteiger partial charge in [-0.25, -0.2) is 14.8 Å². The van der Waals surface area contributed by atoms with Crippen LogP contribution in [0.1, 0.15) is 45.4 Å². The molecule has 1 aliphatic rings. The lowest BCUT2D eigenvalue weighted by molar-refractivity contribution is -0.137. The number of halogens is 3. The van der Waals surface area contributed by atoms with Gasteiger partial charge in [-0.1, -0.05) is 0 Å². The smallest absolute Gasteiger partial charge is 0.417 e. The molecule has 0 bridgehead atoms. The minimum absolute atomic E-state index is 0.228. The quantitative estimate of drug-likeness (QED) is 0.685. The van der Waals surface area contributed by atoms with Crippen molar-refractivity contribution < 1.29 is 27.5 Å². The van der Waals surface area contributed by atoms with E-state index in [2.05, 4.69) is 9.97 Å². The Morgan fingerprint density at radius 3 is 2.48 bits per heavy atom. The number of alkyl halides is 3. The van der Waals surface area contributed by atoms with Gasteiger partial charge in [-0.15, -0.1) is 0 Å². The standard InChI is InChI=1S/C21H23F3N4O3/c1-3-31-20(30)16-6-7-17(26-14(16)2)19(29)28-10-4-9-27(11-12-28)18-8-5-15(13-25-18)21(22,23)24/h5-8,13H,3-4,9-12H2,1-2H3. The van der Waals surface area contributed by atoms with Crippen LogP contribution in [0.5, 0.6) is 0 Å². The highest BCUT2D eigenvalue weighted by molar-refractivity contribution is 5.95. The van der Waals surface area contributed by atoms with E-state index < -0.39 is 17.7 Å². The molecule has 0 saturated carbocycles. The number of anilines is 1. The second-order valence-corrected chi connectivity index (χ2v) is 7.09. The maximum Gasteiger partial charge on any atom is 0.417 e. The summed E-state index contributed by atoms with van der Waals surface area (Å²) in [4.78, 5) is 36.5. The number of pyridine rings is 2. The topological polar surface area (TPSA) is 75.6 Å². The van der Waals surface area contributed by atoms with E-state index in [0.717, 1.165) is 12.3 Å². The summed E-state index contributed by atoms with van der Waals surface area (Å²) in [6.45, 7) is 5.46. The molecule has 0 aliphatic carbocycles. The Bertz CT molecular complexity index is 948. The van der Waals surface area contributed by atoms with Crippen LogP contribution < -0.4 is 4.90 Å². The summed E-state index contributed by atoms with van der Waals surface area (Å²) < 4.78 is 43.2. The SMILES string of the molecule is CCOC(=O)c1ccc(C(=O)N2CCCN(c3ccc(C(F)(F)F)cn3)CC2)nc1C. The summed E-state index contributed by atoms with van der Waals surface area (Å²) >= 11 is 0. The second-order valence-electron chi connectivity index (χ2n) is 7.09. The molecule has 10 heteroatoms. The van der Waals surface area contributed by atoms with Gasteiger partial charge in [-0.05, 0) is 44.5 Å². The van der Waals surface area contributed by atoms with Crippen molar-refractivity contribution in [3.05, 3.63) is 53.0 Å². The van der Waals surface area contributed by atoms with Crippen LogP contribution >= 0.6 is 0 Å². The molecule has 2 aromatic heterocycles. The Morgan fingerprint density at radius 2 is 1.87 bits per heavy atom. The number of aromatic nitrogens is 2. The Hall–Kier alpha value is -3.17. The number of ether oxygens (including phenoxy) is 1. The average molecular weight is 436 g/mol. The van der Waals surface area contributed by atoms with Crippen molar-refractivity contribution in [2.45, 2.75) is 26.4 Å². The van der Waals surface area contributed by atoms with E-state index in [0.29, 0.717) is 49.7 Å². The van der Waals surface area contributed by atoms with Gasteiger partial charge in [0.15, 0.2) is 0 Å². The van der Waals surface area contributed by atoms with E-state index in [1.807, 2.05) is 4.90 Å². The number of rotatable bonds is 4. The van der Waals surface area contributed by atoms with Gasteiger partial charge in [0.1, 0.15) is 11.5 Å². The number of amides is 1. The zero-order valence-electron chi connectivity index (χ0n) is 17.3. The molecule has 166 valence electrons. The van der Waals surface area contributed by atoms with Crippen molar-refractivity contribution in [2.75, 3.05) is 37.7 Å². The molecule has 0 spiro atoms. The normalized spacial score (nSPS) is 14.9. The summed E-state index contributed by atoms with van der Waals surface area (Å²) in [5.74, 6) is -0.309. The summed E-state index contributed by atoms with van der Waals surface area (Å²) in [7, 11) is 0. The van der Waals surface area contributed by atoms with Crippen molar-refractivity contribution in [3.8, 4) is 0 Å². The minimum Gasteiger partial charge on any atom is -0.462 e. The fourth-order valence-electron chi connectivity index (χ4n) is 3.36. The van der Waals surface area contributed by atoms with Gasteiger partial charge in [0, 0.05) is 32.4 Å². The first-order chi connectivity index (χ1) is 14.7. The first kappa shape index (κ1) is 22.5. The van der Waals surface area contributed by atoms with Crippen molar-refractivity contribution in [1.29, 1.82) is 0 Å². The average Bonchev–Trinajstić information content (AvgIpc) is 2.99. The molecule has 1 saturated heterocycles. The maximum atomic E-state index is 12.9. The van der Waals surface area contributed by atoms with E-state index in [1.54, 1.807) is 18.7 Å². The van der Waals surface area contributed by atoms with Gasteiger partial charge < -0.3 is 14.5 Å². The van der Waals surface area contributed by atoms with Gasteiger partial charge in [0.05, 0.1) is 23.4 Å². The first-order valence-corrected chi connectivity index (χ1v) is 9.93. The molecular weight excluding hydrogens is 413 g/mol. The maximum absolute atomic E-state index is 12.9. The monoisotopic (exact) mass is 436 g/mol. The van der Waals surface area contributed by atoms with E-state index >= 15 is 0 Å². The van der Waals surface area contributed by atoms with Gasteiger partial charge in [0.25, 0.3) is 5.91 Å². The van der Waals surface area contributed by atoms with Crippen molar-refractivity contribution in [1.82, 2.24) is 14.9 Å². The van der Waals surface area contributed by atoms with E-state index in [4.69, 9.17) is 4.74 Å². The molecule has 0 unspecified atom stereocenters. The molecule has 0 aromatic carbocycles. The van der Waals surface area contributed by atoms with Crippen LogP contribution in [0.3, 0.4) is 0 Å². The Balaban J connectivity index is 1.67. The summed E-state index contributed by atoms with van der Waals surface area (Å²) in [6, 6.07) is 5.39. The highest BCUT2D eigenvalue weighted by Gasteiger charge is 2.31. The molecule has 31 heavy (non-hydrogen) atoms.